The van der Waals surface area contributed by atoms with Crippen LogP contribution in [0.5, 0.6) is 0 Å². The van der Waals surface area contributed by atoms with E-state index >= 15 is 0 Å². The molecule has 0 atom stereocenters. The first kappa shape index (κ1) is 14.5. The summed E-state index contributed by atoms with van der Waals surface area (Å²) in [5.41, 5.74) is 2.10. The van der Waals surface area contributed by atoms with E-state index in [4.69, 9.17) is 16.1 Å². The topological polar surface area (TPSA) is 56.0 Å². The van der Waals surface area contributed by atoms with Crippen LogP contribution in [0.25, 0.3) is 11.3 Å². The molecule has 1 aromatic carbocycles. The molecule has 0 spiro atoms. The van der Waals surface area contributed by atoms with E-state index in [1.165, 1.54) is 0 Å². The lowest BCUT2D eigenvalue weighted by Gasteiger charge is -1.98. The maximum absolute atomic E-state index is 12.0. The number of nitrogens with zero attached hydrogens (tertiary/aromatic N) is 2. The van der Waals surface area contributed by atoms with Crippen LogP contribution in [0, 0.1) is 0 Å². The average molecular weight is 313 g/mol. The first-order valence-corrected chi connectivity index (χ1v) is 7.25. The average Bonchev–Trinajstić information content (AvgIpc) is 3.02. The van der Waals surface area contributed by atoms with E-state index in [1.54, 1.807) is 30.6 Å². The van der Waals surface area contributed by atoms with Crippen molar-refractivity contribution in [1.82, 2.24) is 10.1 Å². The van der Waals surface area contributed by atoms with Crippen LogP contribution in [-0.2, 0) is 6.42 Å². The molecule has 3 aromatic rings. The third-order valence-electron chi connectivity index (χ3n) is 3.29. The monoisotopic (exact) mass is 312 g/mol. The van der Waals surface area contributed by atoms with Crippen molar-refractivity contribution < 1.29 is 9.32 Å². The van der Waals surface area contributed by atoms with Gasteiger partial charge in [0.1, 0.15) is 11.5 Å². The van der Waals surface area contributed by atoms with Gasteiger partial charge < -0.3 is 4.52 Å². The minimum absolute atomic E-state index is 0.0313. The minimum Gasteiger partial charge on any atom is -0.361 e. The Kier molecular flexibility index (Phi) is 4.30. The van der Waals surface area contributed by atoms with Gasteiger partial charge in [0, 0.05) is 42.4 Å². The van der Waals surface area contributed by atoms with Gasteiger partial charge in [-0.25, -0.2) is 0 Å². The number of hydrogen-bond acceptors (Lipinski definition) is 4. The van der Waals surface area contributed by atoms with E-state index in [1.807, 2.05) is 24.3 Å². The Labute approximate surface area is 132 Å². The predicted octanol–water partition coefficient (Wildman–Crippen LogP) is 4.21. The van der Waals surface area contributed by atoms with Gasteiger partial charge in [-0.3, -0.25) is 9.78 Å². The molecular formula is C17H13ClN2O2. The van der Waals surface area contributed by atoms with Crippen molar-refractivity contribution in [1.29, 1.82) is 0 Å². The lowest BCUT2D eigenvalue weighted by molar-refractivity contribution is 0.0980. The Morgan fingerprint density at radius 1 is 1.18 bits per heavy atom. The van der Waals surface area contributed by atoms with E-state index < -0.39 is 0 Å². The highest BCUT2D eigenvalue weighted by molar-refractivity contribution is 6.33. The molecule has 0 unspecified atom stereocenters. The molecule has 5 heteroatoms. The standard InChI is InChI=1S/C17H13ClN2O2/c18-15-6-2-1-5-14(15)16-10-13(22-20-16)7-8-17(21)12-4-3-9-19-11-12/h1-6,9-11H,7-8H2. The Balaban J connectivity index is 1.68. The zero-order valence-corrected chi connectivity index (χ0v) is 12.5. The molecule has 110 valence electrons. The molecule has 0 N–H and O–H groups in total. The second-order valence-electron chi connectivity index (χ2n) is 4.82. The summed E-state index contributed by atoms with van der Waals surface area (Å²) in [4.78, 5) is 16.0. The summed E-state index contributed by atoms with van der Waals surface area (Å²) in [6, 6.07) is 12.8. The van der Waals surface area contributed by atoms with Crippen molar-refractivity contribution in [3.8, 4) is 11.3 Å². The van der Waals surface area contributed by atoms with Crippen molar-refractivity contribution in [2.24, 2.45) is 0 Å². The molecule has 0 saturated heterocycles. The molecule has 0 amide bonds. The molecule has 4 nitrogen and oxygen atoms in total. The summed E-state index contributed by atoms with van der Waals surface area (Å²) < 4.78 is 5.28. The number of carbonyl (C=O) groups excluding carboxylic acids is 1. The molecule has 2 heterocycles. The summed E-state index contributed by atoms with van der Waals surface area (Å²) in [7, 11) is 0. The van der Waals surface area contributed by atoms with Crippen molar-refractivity contribution in [3.63, 3.8) is 0 Å². The normalized spacial score (nSPS) is 10.6. The quantitative estimate of drug-likeness (QED) is 0.662. The van der Waals surface area contributed by atoms with Gasteiger partial charge in [-0.15, -0.1) is 0 Å². The molecule has 0 aliphatic rings. The SMILES string of the molecule is O=C(CCc1cc(-c2ccccc2Cl)no1)c1cccnc1. The molecule has 2 aromatic heterocycles. The Bertz CT molecular complexity index is 784. The van der Waals surface area contributed by atoms with Crippen LogP contribution in [-0.4, -0.2) is 15.9 Å². The Hall–Kier alpha value is -2.46. The molecule has 0 bridgehead atoms. The lowest BCUT2D eigenvalue weighted by atomic mass is 10.1. The molecule has 0 aliphatic carbocycles. The molecule has 3 rings (SSSR count). The fourth-order valence-corrected chi connectivity index (χ4v) is 2.37. The van der Waals surface area contributed by atoms with Crippen LogP contribution < -0.4 is 0 Å². The highest BCUT2D eigenvalue weighted by atomic mass is 35.5. The molecule has 0 saturated carbocycles. The fourth-order valence-electron chi connectivity index (χ4n) is 2.14. The highest BCUT2D eigenvalue weighted by Crippen LogP contribution is 2.27. The van der Waals surface area contributed by atoms with Crippen LogP contribution in [0.4, 0.5) is 0 Å². The summed E-state index contributed by atoms with van der Waals surface area (Å²) in [6.07, 6.45) is 4.05. The predicted molar refractivity (Wildman–Crippen MR) is 83.8 cm³/mol. The molecule has 0 radical (unpaired) electrons. The second-order valence-corrected chi connectivity index (χ2v) is 5.23. The van der Waals surface area contributed by atoms with E-state index in [0.29, 0.717) is 34.9 Å². The number of halogens is 1. The van der Waals surface area contributed by atoms with Crippen LogP contribution >= 0.6 is 11.6 Å². The zero-order valence-electron chi connectivity index (χ0n) is 11.7. The van der Waals surface area contributed by atoms with Gasteiger partial charge in [-0.05, 0) is 18.2 Å². The van der Waals surface area contributed by atoms with E-state index in [0.717, 1.165) is 5.56 Å². The maximum Gasteiger partial charge on any atom is 0.164 e. The summed E-state index contributed by atoms with van der Waals surface area (Å²) >= 11 is 6.13. The number of pyridine rings is 1. The summed E-state index contributed by atoms with van der Waals surface area (Å²) in [5.74, 6) is 0.691. The maximum atomic E-state index is 12.0. The van der Waals surface area contributed by atoms with Crippen molar-refractivity contribution in [2.75, 3.05) is 0 Å². The second kappa shape index (κ2) is 6.54. The van der Waals surface area contributed by atoms with Gasteiger partial charge >= 0.3 is 0 Å². The Morgan fingerprint density at radius 3 is 2.82 bits per heavy atom. The van der Waals surface area contributed by atoms with Crippen molar-refractivity contribution in [2.45, 2.75) is 12.8 Å². The zero-order chi connectivity index (χ0) is 15.4. The van der Waals surface area contributed by atoms with Gasteiger partial charge in [0.2, 0.25) is 0 Å². The van der Waals surface area contributed by atoms with E-state index in [9.17, 15) is 4.79 Å². The third kappa shape index (κ3) is 3.23. The van der Waals surface area contributed by atoms with E-state index in [-0.39, 0.29) is 5.78 Å². The molecule has 22 heavy (non-hydrogen) atoms. The first-order valence-electron chi connectivity index (χ1n) is 6.88. The number of Topliss-reactive ketones (excluding diaryl/α,β-unsaturated/α-hetero) is 1. The fraction of sp³-hybridized carbons (Fsp3) is 0.118. The third-order valence-corrected chi connectivity index (χ3v) is 3.62. The number of aryl methyl sites for hydroxylation is 1. The van der Waals surface area contributed by atoms with Crippen LogP contribution in [0.2, 0.25) is 5.02 Å². The van der Waals surface area contributed by atoms with Crippen LogP contribution in [0.3, 0.4) is 0 Å². The van der Waals surface area contributed by atoms with Gasteiger partial charge in [0.15, 0.2) is 5.78 Å². The first-order chi connectivity index (χ1) is 10.7. The van der Waals surface area contributed by atoms with Gasteiger partial charge in [-0.2, -0.15) is 0 Å². The van der Waals surface area contributed by atoms with Crippen LogP contribution in [0.15, 0.2) is 59.4 Å². The molecular weight excluding hydrogens is 300 g/mol. The van der Waals surface area contributed by atoms with Gasteiger partial charge in [0.25, 0.3) is 0 Å². The van der Waals surface area contributed by atoms with E-state index in [2.05, 4.69) is 10.1 Å². The highest BCUT2D eigenvalue weighted by Gasteiger charge is 2.12. The summed E-state index contributed by atoms with van der Waals surface area (Å²) in [5, 5.41) is 4.63. The number of aromatic nitrogens is 2. The summed E-state index contributed by atoms with van der Waals surface area (Å²) in [6.45, 7) is 0. The number of ketones is 1. The van der Waals surface area contributed by atoms with Gasteiger partial charge in [-0.1, -0.05) is 35.0 Å². The largest absolute Gasteiger partial charge is 0.361 e. The Morgan fingerprint density at radius 2 is 2.05 bits per heavy atom. The lowest BCUT2D eigenvalue weighted by Crippen LogP contribution is -2.00. The smallest absolute Gasteiger partial charge is 0.164 e. The molecule has 0 fully saturated rings. The number of rotatable bonds is 5. The van der Waals surface area contributed by atoms with Crippen molar-refractivity contribution in [3.05, 3.63) is 71.2 Å². The molecule has 0 aliphatic heterocycles. The number of carbonyl (C=O) groups is 1. The van der Waals surface area contributed by atoms with Crippen molar-refractivity contribution >= 4 is 17.4 Å². The number of hydrogen-bond donors (Lipinski definition) is 0. The van der Waals surface area contributed by atoms with Crippen LogP contribution in [0.1, 0.15) is 22.5 Å². The minimum atomic E-state index is 0.0313. The van der Waals surface area contributed by atoms with Gasteiger partial charge in [0.05, 0.1) is 5.02 Å². The number of benzene rings is 1.